The molecule has 1 fully saturated rings. The average molecular weight is 261 g/mol. The minimum atomic E-state index is -0.421. The molecule has 3 unspecified atom stereocenters. The van der Waals surface area contributed by atoms with Crippen molar-refractivity contribution in [3.63, 3.8) is 0 Å². The highest BCUT2D eigenvalue weighted by Crippen LogP contribution is 2.40. The number of rotatable bonds is 4. The molecule has 0 saturated heterocycles. The van der Waals surface area contributed by atoms with Gasteiger partial charge < -0.3 is 10.1 Å². The summed E-state index contributed by atoms with van der Waals surface area (Å²) in [6.45, 7) is 7.54. The highest BCUT2D eigenvalue weighted by atomic mass is 16.6. The van der Waals surface area contributed by atoms with Crippen LogP contribution in [0.3, 0.4) is 0 Å². The first kappa shape index (κ1) is 14.1. The number of carbonyl (C=O) groups is 1. The normalized spacial score (nSPS) is 23.8. The first-order chi connectivity index (χ1) is 8.87. The van der Waals surface area contributed by atoms with Crippen LogP contribution in [0.1, 0.15) is 45.6 Å². The van der Waals surface area contributed by atoms with Crippen molar-refractivity contribution in [1.29, 1.82) is 0 Å². The molecule has 1 aromatic rings. The van der Waals surface area contributed by atoms with Crippen LogP contribution in [0, 0.1) is 0 Å². The van der Waals surface area contributed by atoms with Gasteiger partial charge in [-0.1, -0.05) is 30.3 Å². The second-order valence-electron chi connectivity index (χ2n) is 6.28. The number of hydrogen-bond donors (Lipinski definition) is 1. The summed E-state index contributed by atoms with van der Waals surface area (Å²) in [5.41, 5.74) is 0.923. The predicted octanol–water partition coefficient (Wildman–Crippen LogP) is 2.86. The van der Waals surface area contributed by atoms with Crippen LogP contribution in [0.2, 0.25) is 0 Å². The third-order valence-electron chi connectivity index (χ3n) is 3.24. The summed E-state index contributed by atoms with van der Waals surface area (Å²) < 4.78 is 5.37. The van der Waals surface area contributed by atoms with Gasteiger partial charge in [-0.25, -0.2) is 0 Å². The van der Waals surface area contributed by atoms with Crippen molar-refractivity contribution in [1.82, 2.24) is 5.32 Å². The third-order valence-corrected chi connectivity index (χ3v) is 3.24. The topological polar surface area (TPSA) is 38.3 Å². The number of hydrogen-bond acceptors (Lipinski definition) is 3. The SMILES string of the molecule is CC(NC1CC1c1ccccc1)C(=O)OC(C)(C)C. The minimum Gasteiger partial charge on any atom is -0.459 e. The first-order valence-corrected chi connectivity index (χ1v) is 6.90. The second-order valence-corrected chi connectivity index (χ2v) is 6.28. The maximum atomic E-state index is 11.9. The lowest BCUT2D eigenvalue weighted by molar-refractivity contribution is -0.157. The van der Waals surface area contributed by atoms with Gasteiger partial charge in [0.1, 0.15) is 11.6 Å². The Labute approximate surface area is 115 Å². The zero-order valence-electron chi connectivity index (χ0n) is 12.1. The van der Waals surface area contributed by atoms with Gasteiger partial charge in [0.15, 0.2) is 0 Å². The fraction of sp³-hybridized carbons (Fsp3) is 0.562. The van der Waals surface area contributed by atoms with Gasteiger partial charge >= 0.3 is 5.97 Å². The molecule has 0 bridgehead atoms. The monoisotopic (exact) mass is 261 g/mol. The van der Waals surface area contributed by atoms with Crippen LogP contribution in [-0.2, 0) is 9.53 Å². The molecule has 1 aliphatic carbocycles. The Bertz CT molecular complexity index is 436. The molecule has 1 N–H and O–H groups in total. The van der Waals surface area contributed by atoms with Gasteiger partial charge in [-0.2, -0.15) is 0 Å². The summed E-state index contributed by atoms with van der Waals surface area (Å²) in [7, 11) is 0. The van der Waals surface area contributed by atoms with Crippen molar-refractivity contribution < 1.29 is 9.53 Å². The van der Waals surface area contributed by atoms with Gasteiger partial charge in [0.05, 0.1) is 0 Å². The molecule has 104 valence electrons. The second kappa shape index (κ2) is 5.33. The van der Waals surface area contributed by atoms with Gasteiger partial charge in [-0.15, -0.1) is 0 Å². The van der Waals surface area contributed by atoms with Crippen LogP contribution in [0.25, 0.3) is 0 Å². The molecule has 0 heterocycles. The number of benzene rings is 1. The number of ether oxygens (including phenoxy) is 1. The molecule has 3 nitrogen and oxygen atoms in total. The fourth-order valence-corrected chi connectivity index (χ4v) is 2.23. The van der Waals surface area contributed by atoms with Crippen LogP contribution in [0.15, 0.2) is 30.3 Å². The Kier molecular flexibility index (Phi) is 3.95. The Morgan fingerprint density at radius 2 is 1.95 bits per heavy atom. The molecule has 1 aliphatic rings. The molecule has 3 heteroatoms. The van der Waals surface area contributed by atoms with Crippen LogP contribution in [0.5, 0.6) is 0 Å². The molecular weight excluding hydrogens is 238 g/mol. The van der Waals surface area contributed by atoms with E-state index < -0.39 is 5.60 Å². The van der Waals surface area contributed by atoms with Crippen molar-refractivity contribution in [3.8, 4) is 0 Å². The van der Waals surface area contributed by atoms with E-state index in [1.807, 2.05) is 33.8 Å². The van der Waals surface area contributed by atoms with E-state index in [0.29, 0.717) is 12.0 Å². The maximum absolute atomic E-state index is 11.9. The predicted molar refractivity (Wildman–Crippen MR) is 76.0 cm³/mol. The molecule has 0 aromatic heterocycles. The molecule has 0 spiro atoms. The lowest BCUT2D eigenvalue weighted by atomic mass is 10.1. The van der Waals surface area contributed by atoms with Crippen molar-refractivity contribution in [3.05, 3.63) is 35.9 Å². The van der Waals surface area contributed by atoms with Crippen LogP contribution in [-0.4, -0.2) is 23.7 Å². The van der Waals surface area contributed by atoms with E-state index in [4.69, 9.17) is 4.74 Å². The summed E-state index contributed by atoms with van der Waals surface area (Å²) in [4.78, 5) is 11.9. The third kappa shape index (κ3) is 4.06. The molecule has 3 atom stereocenters. The van der Waals surface area contributed by atoms with E-state index >= 15 is 0 Å². The molecule has 1 saturated carbocycles. The molecule has 1 aromatic carbocycles. The Morgan fingerprint density at radius 3 is 2.53 bits per heavy atom. The van der Waals surface area contributed by atoms with Crippen LogP contribution in [0.4, 0.5) is 0 Å². The number of esters is 1. The average Bonchev–Trinajstić information content (AvgIpc) is 3.07. The van der Waals surface area contributed by atoms with Gasteiger partial charge in [0.25, 0.3) is 0 Å². The molecular formula is C16H23NO2. The zero-order valence-corrected chi connectivity index (χ0v) is 12.1. The first-order valence-electron chi connectivity index (χ1n) is 6.90. The summed E-state index contributed by atoms with van der Waals surface area (Å²) in [5, 5.41) is 3.35. The summed E-state index contributed by atoms with van der Waals surface area (Å²) in [5.74, 6) is 0.359. The minimum absolute atomic E-state index is 0.175. The highest BCUT2D eigenvalue weighted by Gasteiger charge is 2.40. The van der Waals surface area contributed by atoms with E-state index in [9.17, 15) is 4.79 Å². The molecule has 2 rings (SSSR count). The van der Waals surface area contributed by atoms with E-state index in [1.54, 1.807) is 0 Å². The maximum Gasteiger partial charge on any atom is 0.323 e. The standard InChI is InChI=1S/C16H23NO2/c1-11(15(18)19-16(2,3)4)17-14-10-13(14)12-8-6-5-7-9-12/h5-9,11,13-14,17H,10H2,1-4H3. The van der Waals surface area contributed by atoms with Crippen LogP contribution < -0.4 is 5.32 Å². The van der Waals surface area contributed by atoms with Crippen molar-refractivity contribution >= 4 is 5.97 Å². The van der Waals surface area contributed by atoms with E-state index in [2.05, 4.69) is 29.6 Å². The summed E-state index contributed by atoms with van der Waals surface area (Å²) >= 11 is 0. The molecule has 19 heavy (non-hydrogen) atoms. The van der Waals surface area contributed by atoms with Crippen LogP contribution >= 0.6 is 0 Å². The molecule has 0 aliphatic heterocycles. The van der Waals surface area contributed by atoms with Gasteiger partial charge in [0.2, 0.25) is 0 Å². The van der Waals surface area contributed by atoms with Gasteiger partial charge in [0, 0.05) is 12.0 Å². The van der Waals surface area contributed by atoms with Gasteiger partial charge in [-0.3, -0.25) is 4.79 Å². The van der Waals surface area contributed by atoms with Crippen molar-refractivity contribution in [2.75, 3.05) is 0 Å². The van der Waals surface area contributed by atoms with E-state index in [-0.39, 0.29) is 12.0 Å². The fourth-order valence-electron chi connectivity index (χ4n) is 2.23. The molecule has 0 radical (unpaired) electrons. The Hall–Kier alpha value is -1.35. The molecule has 0 amide bonds. The zero-order chi connectivity index (χ0) is 14.0. The number of nitrogens with one attached hydrogen (secondary N) is 1. The smallest absolute Gasteiger partial charge is 0.323 e. The highest BCUT2D eigenvalue weighted by molar-refractivity contribution is 5.75. The quantitative estimate of drug-likeness (QED) is 0.847. The lowest BCUT2D eigenvalue weighted by Crippen LogP contribution is -2.40. The Balaban J connectivity index is 1.82. The van der Waals surface area contributed by atoms with Crippen molar-refractivity contribution in [2.45, 2.75) is 57.7 Å². The Morgan fingerprint density at radius 1 is 1.32 bits per heavy atom. The van der Waals surface area contributed by atoms with Gasteiger partial charge in [-0.05, 0) is 39.7 Å². The summed E-state index contributed by atoms with van der Waals surface area (Å²) in [6.07, 6.45) is 1.09. The van der Waals surface area contributed by atoms with Crippen molar-refractivity contribution in [2.24, 2.45) is 0 Å². The summed E-state index contributed by atoms with van der Waals surface area (Å²) in [6, 6.07) is 10.6. The van der Waals surface area contributed by atoms with E-state index in [1.165, 1.54) is 5.56 Å². The lowest BCUT2D eigenvalue weighted by Gasteiger charge is -2.22. The largest absolute Gasteiger partial charge is 0.459 e. The number of carbonyl (C=O) groups excluding carboxylic acids is 1. The van der Waals surface area contributed by atoms with E-state index in [0.717, 1.165) is 6.42 Å².